The highest BCUT2D eigenvalue weighted by Gasteiger charge is 2.31. The Morgan fingerprint density at radius 1 is 1.09 bits per heavy atom. The van der Waals surface area contributed by atoms with E-state index >= 15 is 0 Å². The molecule has 11 heteroatoms. The maximum atomic E-state index is 14.0. The number of anilines is 2. The minimum atomic E-state index is -4.93. The highest BCUT2D eigenvalue weighted by Crippen LogP contribution is 2.30. The first-order valence-electron chi connectivity index (χ1n) is 9.45. The number of halogens is 4. The first-order valence-corrected chi connectivity index (χ1v) is 9.45. The standard InChI is InChI=1S/C22H19F4N3O4/c1-12-9-16(20(27)29-18(12)11-31-2)21(30)28-13-3-5-14(6-4-13)32-19-8-7-15(10-17(19)23)33-22(24,25)26/h3-10H,11H2,1-2H3,(H2,27,29)(H,28,30). The van der Waals surface area contributed by atoms with Crippen LogP contribution in [0.3, 0.4) is 0 Å². The lowest BCUT2D eigenvalue weighted by Crippen LogP contribution is -2.17. The molecule has 3 rings (SSSR count). The molecule has 0 saturated carbocycles. The summed E-state index contributed by atoms with van der Waals surface area (Å²) in [6.07, 6.45) is -4.93. The summed E-state index contributed by atoms with van der Waals surface area (Å²) in [5.41, 5.74) is 7.85. The molecule has 0 bridgehead atoms. The van der Waals surface area contributed by atoms with Crippen molar-refractivity contribution in [3.8, 4) is 17.2 Å². The van der Waals surface area contributed by atoms with E-state index in [4.69, 9.17) is 15.2 Å². The minimum absolute atomic E-state index is 0.0542. The van der Waals surface area contributed by atoms with Gasteiger partial charge in [-0.1, -0.05) is 0 Å². The zero-order valence-electron chi connectivity index (χ0n) is 17.5. The number of pyridine rings is 1. The van der Waals surface area contributed by atoms with Gasteiger partial charge in [0.05, 0.1) is 17.9 Å². The van der Waals surface area contributed by atoms with Gasteiger partial charge in [-0.25, -0.2) is 9.37 Å². The van der Waals surface area contributed by atoms with E-state index in [-0.39, 0.29) is 29.5 Å². The fourth-order valence-corrected chi connectivity index (χ4v) is 2.83. The maximum absolute atomic E-state index is 14.0. The molecule has 33 heavy (non-hydrogen) atoms. The van der Waals surface area contributed by atoms with Gasteiger partial charge in [-0.2, -0.15) is 0 Å². The van der Waals surface area contributed by atoms with Crippen LogP contribution in [0.1, 0.15) is 21.6 Å². The number of methoxy groups -OCH3 is 1. The Balaban J connectivity index is 1.67. The molecule has 1 aromatic heterocycles. The fraction of sp³-hybridized carbons (Fsp3) is 0.182. The Morgan fingerprint density at radius 3 is 2.36 bits per heavy atom. The van der Waals surface area contributed by atoms with Gasteiger partial charge >= 0.3 is 6.36 Å². The van der Waals surface area contributed by atoms with Gasteiger partial charge in [0.15, 0.2) is 11.6 Å². The Labute approximate surface area is 186 Å². The van der Waals surface area contributed by atoms with E-state index in [1.807, 2.05) is 0 Å². The van der Waals surface area contributed by atoms with Crippen molar-refractivity contribution >= 4 is 17.4 Å². The lowest BCUT2D eigenvalue weighted by atomic mass is 10.1. The number of hydrogen-bond acceptors (Lipinski definition) is 6. The monoisotopic (exact) mass is 465 g/mol. The number of nitrogens with zero attached hydrogens (tertiary/aromatic N) is 1. The summed E-state index contributed by atoms with van der Waals surface area (Å²) in [6, 6.07) is 10.0. The Kier molecular flexibility index (Phi) is 7.02. The highest BCUT2D eigenvalue weighted by molar-refractivity contribution is 6.07. The molecule has 1 amide bonds. The van der Waals surface area contributed by atoms with E-state index in [1.54, 1.807) is 13.0 Å². The van der Waals surface area contributed by atoms with Gasteiger partial charge in [0, 0.05) is 18.9 Å². The number of benzene rings is 2. The number of ether oxygens (including phenoxy) is 3. The predicted octanol–water partition coefficient (Wildman–Crippen LogP) is 5.20. The Bertz CT molecular complexity index is 1150. The van der Waals surface area contributed by atoms with E-state index < -0.39 is 23.8 Å². The van der Waals surface area contributed by atoms with Crippen molar-refractivity contribution in [2.45, 2.75) is 19.9 Å². The second-order valence-corrected chi connectivity index (χ2v) is 6.84. The molecular weight excluding hydrogens is 446 g/mol. The number of nitrogens with two attached hydrogens (primary N) is 1. The molecule has 2 aromatic carbocycles. The van der Waals surface area contributed by atoms with Gasteiger partial charge in [0.25, 0.3) is 5.91 Å². The molecule has 0 spiro atoms. The number of carbonyl (C=O) groups is 1. The Hall–Kier alpha value is -3.86. The molecule has 0 atom stereocenters. The third-order valence-corrected chi connectivity index (χ3v) is 4.35. The zero-order chi connectivity index (χ0) is 24.2. The molecule has 0 aliphatic heterocycles. The lowest BCUT2D eigenvalue weighted by molar-refractivity contribution is -0.274. The largest absolute Gasteiger partial charge is 0.573 e. The van der Waals surface area contributed by atoms with Crippen LogP contribution in [0.4, 0.5) is 29.1 Å². The maximum Gasteiger partial charge on any atom is 0.573 e. The average molecular weight is 465 g/mol. The second kappa shape index (κ2) is 9.74. The van der Waals surface area contributed by atoms with Crippen LogP contribution < -0.4 is 20.5 Å². The third-order valence-electron chi connectivity index (χ3n) is 4.35. The molecule has 0 aliphatic rings. The van der Waals surface area contributed by atoms with Crippen molar-refractivity contribution in [1.29, 1.82) is 0 Å². The summed E-state index contributed by atoms with van der Waals surface area (Å²) < 4.78 is 64.8. The summed E-state index contributed by atoms with van der Waals surface area (Å²) >= 11 is 0. The van der Waals surface area contributed by atoms with Crippen molar-refractivity contribution < 1.29 is 36.6 Å². The summed E-state index contributed by atoms with van der Waals surface area (Å²) in [6.45, 7) is 2.04. The summed E-state index contributed by atoms with van der Waals surface area (Å²) in [7, 11) is 1.52. The van der Waals surface area contributed by atoms with Gasteiger partial charge in [0.1, 0.15) is 17.3 Å². The molecule has 174 valence electrons. The third kappa shape index (κ3) is 6.32. The summed E-state index contributed by atoms with van der Waals surface area (Å²) in [4.78, 5) is 16.8. The van der Waals surface area contributed by atoms with Crippen molar-refractivity contribution in [1.82, 2.24) is 4.98 Å². The first-order chi connectivity index (χ1) is 15.6. The summed E-state index contributed by atoms with van der Waals surface area (Å²) in [5.74, 6) is -2.27. The smallest absolute Gasteiger partial charge is 0.454 e. The van der Waals surface area contributed by atoms with Crippen LogP contribution in [0.25, 0.3) is 0 Å². The van der Waals surface area contributed by atoms with Crippen LogP contribution in [0.15, 0.2) is 48.5 Å². The number of amides is 1. The number of rotatable bonds is 7. The van der Waals surface area contributed by atoms with Crippen molar-refractivity contribution in [3.63, 3.8) is 0 Å². The molecule has 0 radical (unpaired) electrons. The summed E-state index contributed by atoms with van der Waals surface area (Å²) in [5, 5.41) is 2.67. The van der Waals surface area contributed by atoms with Crippen molar-refractivity contribution in [2.24, 2.45) is 0 Å². The molecule has 3 aromatic rings. The van der Waals surface area contributed by atoms with Crippen molar-refractivity contribution in [2.75, 3.05) is 18.2 Å². The molecule has 1 heterocycles. The molecular formula is C22H19F4N3O4. The molecule has 0 fully saturated rings. The highest BCUT2D eigenvalue weighted by atomic mass is 19.4. The van der Waals surface area contributed by atoms with E-state index in [2.05, 4.69) is 15.0 Å². The first kappa shape index (κ1) is 23.8. The molecule has 0 unspecified atom stereocenters. The second-order valence-electron chi connectivity index (χ2n) is 6.84. The van der Waals surface area contributed by atoms with Crippen LogP contribution in [0.5, 0.6) is 17.2 Å². The fourth-order valence-electron chi connectivity index (χ4n) is 2.83. The molecule has 0 saturated heterocycles. The van der Waals surface area contributed by atoms with E-state index in [0.29, 0.717) is 17.4 Å². The van der Waals surface area contributed by atoms with Gasteiger partial charge in [0.2, 0.25) is 0 Å². The quantitative estimate of drug-likeness (QED) is 0.466. The number of nitrogen functional groups attached to an aromatic ring is 1. The van der Waals surface area contributed by atoms with Crippen LogP contribution in [-0.4, -0.2) is 24.4 Å². The molecule has 3 N–H and O–H groups in total. The molecule has 7 nitrogen and oxygen atoms in total. The van der Waals surface area contributed by atoms with Crippen LogP contribution >= 0.6 is 0 Å². The van der Waals surface area contributed by atoms with Gasteiger partial charge in [-0.05, 0) is 55.0 Å². The van der Waals surface area contributed by atoms with Crippen LogP contribution in [0.2, 0.25) is 0 Å². The lowest BCUT2D eigenvalue weighted by Gasteiger charge is -2.12. The van der Waals surface area contributed by atoms with Gasteiger partial charge in [-0.15, -0.1) is 13.2 Å². The SMILES string of the molecule is COCc1nc(N)c(C(=O)Nc2ccc(Oc3ccc(OC(F)(F)F)cc3F)cc2)cc1C. The van der Waals surface area contributed by atoms with Gasteiger partial charge < -0.3 is 25.3 Å². The average Bonchev–Trinajstić information content (AvgIpc) is 2.73. The van der Waals surface area contributed by atoms with E-state index in [9.17, 15) is 22.4 Å². The number of hydrogen-bond donors (Lipinski definition) is 2. The number of aryl methyl sites for hydroxylation is 1. The topological polar surface area (TPSA) is 95.7 Å². The normalized spacial score (nSPS) is 11.2. The number of nitrogens with one attached hydrogen (secondary N) is 1. The predicted molar refractivity (Wildman–Crippen MR) is 112 cm³/mol. The van der Waals surface area contributed by atoms with Crippen LogP contribution in [-0.2, 0) is 11.3 Å². The number of carbonyl (C=O) groups excluding carboxylic acids is 1. The number of aromatic nitrogens is 1. The Morgan fingerprint density at radius 2 is 1.76 bits per heavy atom. The molecule has 0 aliphatic carbocycles. The number of alkyl halides is 3. The van der Waals surface area contributed by atoms with Crippen molar-refractivity contribution in [3.05, 3.63) is 71.2 Å². The van der Waals surface area contributed by atoms with Crippen LogP contribution in [0, 0.1) is 12.7 Å². The zero-order valence-corrected chi connectivity index (χ0v) is 17.5. The van der Waals surface area contributed by atoms with Gasteiger partial charge in [-0.3, -0.25) is 4.79 Å². The van der Waals surface area contributed by atoms with E-state index in [1.165, 1.54) is 31.4 Å². The van der Waals surface area contributed by atoms with E-state index in [0.717, 1.165) is 17.7 Å². The minimum Gasteiger partial charge on any atom is -0.454 e.